The second-order valence-corrected chi connectivity index (χ2v) is 5.87. The van der Waals surface area contributed by atoms with Crippen molar-refractivity contribution in [1.82, 2.24) is 20.3 Å². The van der Waals surface area contributed by atoms with Crippen molar-refractivity contribution in [2.45, 2.75) is 26.7 Å². The van der Waals surface area contributed by atoms with E-state index in [1.54, 1.807) is 0 Å². The fourth-order valence-electron chi connectivity index (χ4n) is 2.72. The van der Waals surface area contributed by atoms with E-state index in [-0.39, 0.29) is 12.3 Å². The van der Waals surface area contributed by atoms with Crippen LogP contribution in [0.3, 0.4) is 0 Å². The summed E-state index contributed by atoms with van der Waals surface area (Å²) >= 11 is 0. The Labute approximate surface area is 135 Å². The van der Waals surface area contributed by atoms with Crippen molar-refractivity contribution in [2.75, 3.05) is 31.1 Å². The van der Waals surface area contributed by atoms with Crippen molar-refractivity contribution in [1.29, 1.82) is 0 Å². The molecule has 0 atom stereocenters. The van der Waals surface area contributed by atoms with Crippen LogP contribution in [0.5, 0.6) is 0 Å². The molecule has 0 N–H and O–H groups in total. The topological polar surface area (TPSA) is 75.4 Å². The predicted molar refractivity (Wildman–Crippen MR) is 85.1 cm³/mol. The van der Waals surface area contributed by atoms with Gasteiger partial charge in [-0.15, -0.1) is 5.10 Å². The number of amides is 1. The molecule has 7 heteroatoms. The van der Waals surface area contributed by atoms with Gasteiger partial charge in [-0.25, -0.2) is 0 Å². The van der Waals surface area contributed by atoms with E-state index >= 15 is 0 Å². The van der Waals surface area contributed by atoms with Crippen LogP contribution in [-0.4, -0.2) is 52.3 Å². The van der Waals surface area contributed by atoms with Gasteiger partial charge in [0.1, 0.15) is 5.76 Å². The first-order valence-electron chi connectivity index (χ1n) is 7.87. The molecule has 7 nitrogen and oxygen atoms in total. The van der Waals surface area contributed by atoms with E-state index in [4.69, 9.17) is 4.52 Å². The number of aromatic nitrogens is 3. The maximum absolute atomic E-state index is 12.4. The van der Waals surface area contributed by atoms with E-state index in [1.807, 2.05) is 36.9 Å². The van der Waals surface area contributed by atoms with Crippen molar-refractivity contribution in [3.05, 3.63) is 35.3 Å². The lowest BCUT2D eigenvalue weighted by Crippen LogP contribution is -2.36. The van der Waals surface area contributed by atoms with Crippen LogP contribution >= 0.6 is 0 Å². The van der Waals surface area contributed by atoms with Gasteiger partial charge in [0, 0.05) is 32.2 Å². The zero-order valence-corrected chi connectivity index (χ0v) is 13.5. The van der Waals surface area contributed by atoms with Crippen LogP contribution in [0.1, 0.15) is 23.6 Å². The fourth-order valence-corrected chi connectivity index (χ4v) is 2.72. The molecular weight excluding hydrogens is 294 g/mol. The van der Waals surface area contributed by atoms with Gasteiger partial charge in [0.25, 0.3) is 0 Å². The summed E-state index contributed by atoms with van der Waals surface area (Å²) in [5.41, 5.74) is 1.70. The zero-order chi connectivity index (χ0) is 16.2. The van der Waals surface area contributed by atoms with E-state index in [0.29, 0.717) is 12.3 Å². The zero-order valence-electron chi connectivity index (χ0n) is 13.5. The highest BCUT2D eigenvalue weighted by Crippen LogP contribution is 2.14. The van der Waals surface area contributed by atoms with Crippen LogP contribution in [0.2, 0.25) is 0 Å². The smallest absolute Gasteiger partial charge is 0.230 e. The number of hydrogen-bond donors (Lipinski definition) is 0. The SMILES string of the molecule is Cc1ccc(N2CCCN(C(=O)Cc3cc(C)no3)CC2)nn1. The van der Waals surface area contributed by atoms with Gasteiger partial charge in [0.05, 0.1) is 17.8 Å². The molecule has 0 saturated carbocycles. The molecule has 0 spiro atoms. The molecule has 0 aliphatic carbocycles. The summed E-state index contributed by atoms with van der Waals surface area (Å²) in [5.74, 6) is 1.58. The van der Waals surface area contributed by atoms with Gasteiger partial charge in [-0.05, 0) is 32.4 Å². The highest BCUT2D eigenvalue weighted by Gasteiger charge is 2.21. The Morgan fingerprint density at radius 3 is 2.70 bits per heavy atom. The van der Waals surface area contributed by atoms with Crippen LogP contribution in [0.25, 0.3) is 0 Å². The van der Waals surface area contributed by atoms with Gasteiger partial charge in [-0.1, -0.05) is 5.16 Å². The molecule has 3 heterocycles. The summed E-state index contributed by atoms with van der Waals surface area (Å²) in [6, 6.07) is 5.75. The van der Waals surface area contributed by atoms with E-state index in [1.165, 1.54) is 0 Å². The van der Waals surface area contributed by atoms with E-state index in [0.717, 1.165) is 43.3 Å². The second kappa shape index (κ2) is 6.76. The highest BCUT2D eigenvalue weighted by molar-refractivity contribution is 5.78. The molecule has 0 bridgehead atoms. The highest BCUT2D eigenvalue weighted by atomic mass is 16.5. The van der Waals surface area contributed by atoms with E-state index in [2.05, 4.69) is 20.3 Å². The fraction of sp³-hybridized carbons (Fsp3) is 0.500. The normalized spacial score (nSPS) is 15.6. The monoisotopic (exact) mass is 315 g/mol. The molecule has 0 aromatic carbocycles. The standard InChI is InChI=1S/C16H21N5O2/c1-12-4-5-15(18-17-12)20-6-3-7-21(9-8-20)16(22)11-14-10-13(2)19-23-14/h4-5,10H,3,6-9,11H2,1-2H3. The Hall–Kier alpha value is -2.44. The number of aryl methyl sites for hydroxylation is 2. The van der Waals surface area contributed by atoms with Crippen LogP contribution in [0.4, 0.5) is 5.82 Å². The number of anilines is 1. The number of carbonyl (C=O) groups is 1. The molecule has 122 valence electrons. The quantitative estimate of drug-likeness (QED) is 0.851. The van der Waals surface area contributed by atoms with Crippen molar-refractivity contribution >= 4 is 11.7 Å². The Balaban J connectivity index is 1.59. The summed E-state index contributed by atoms with van der Waals surface area (Å²) in [6.45, 7) is 6.85. The van der Waals surface area contributed by atoms with Gasteiger partial charge >= 0.3 is 0 Å². The molecule has 0 radical (unpaired) electrons. The van der Waals surface area contributed by atoms with Crippen LogP contribution in [0, 0.1) is 13.8 Å². The molecular formula is C16H21N5O2. The molecule has 1 saturated heterocycles. The first kappa shape index (κ1) is 15.5. The molecule has 2 aromatic rings. The average molecular weight is 315 g/mol. The third-order valence-corrected chi connectivity index (χ3v) is 3.96. The predicted octanol–water partition coefficient (Wildman–Crippen LogP) is 1.36. The minimum absolute atomic E-state index is 0.0815. The molecule has 23 heavy (non-hydrogen) atoms. The third kappa shape index (κ3) is 3.85. The number of rotatable bonds is 3. The molecule has 2 aromatic heterocycles. The van der Waals surface area contributed by atoms with Gasteiger partial charge in [0.15, 0.2) is 5.82 Å². The minimum atomic E-state index is 0.0815. The lowest BCUT2D eigenvalue weighted by atomic mass is 10.2. The van der Waals surface area contributed by atoms with E-state index in [9.17, 15) is 4.79 Å². The minimum Gasteiger partial charge on any atom is -0.361 e. The summed E-state index contributed by atoms with van der Waals surface area (Å²) in [7, 11) is 0. The second-order valence-electron chi connectivity index (χ2n) is 5.87. The third-order valence-electron chi connectivity index (χ3n) is 3.96. The number of hydrogen-bond acceptors (Lipinski definition) is 6. The first-order valence-corrected chi connectivity index (χ1v) is 7.87. The van der Waals surface area contributed by atoms with Gasteiger partial charge in [-0.3, -0.25) is 4.79 Å². The number of nitrogens with zero attached hydrogens (tertiary/aromatic N) is 5. The Bertz CT molecular complexity index is 667. The maximum Gasteiger partial charge on any atom is 0.230 e. The van der Waals surface area contributed by atoms with Crippen LogP contribution < -0.4 is 4.90 Å². The maximum atomic E-state index is 12.4. The van der Waals surface area contributed by atoms with Crippen molar-refractivity contribution in [3.8, 4) is 0 Å². The Morgan fingerprint density at radius 2 is 2.00 bits per heavy atom. The van der Waals surface area contributed by atoms with Crippen molar-refractivity contribution in [3.63, 3.8) is 0 Å². The Morgan fingerprint density at radius 1 is 1.13 bits per heavy atom. The van der Waals surface area contributed by atoms with Gasteiger partial charge in [-0.2, -0.15) is 5.10 Å². The largest absolute Gasteiger partial charge is 0.361 e. The molecule has 1 fully saturated rings. The van der Waals surface area contributed by atoms with Gasteiger partial charge < -0.3 is 14.3 Å². The molecule has 3 rings (SSSR count). The lowest BCUT2D eigenvalue weighted by Gasteiger charge is -2.22. The summed E-state index contributed by atoms with van der Waals surface area (Å²) < 4.78 is 5.13. The molecule has 0 unspecified atom stereocenters. The summed E-state index contributed by atoms with van der Waals surface area (Å²) in [5, 5.41) is 12.2. The summed E-state index contributed by atoms with van der Waals surface area (Å²) in [4.78, 5) is 16.5. The Kier molecular flexibility index (Phi) is 4.55. The molecule has 1 aliphatic heterocycles. The van der Waals surface area contributed by atoms with Crippen LogP contribution in [-0.2, 0) is 11.2 Å². The van der Waals surface area contributed by atoms with Crippen molar-refractivity contribution in [2.24, 2.45) is 0 Å². The molecule has 1 amide bonds. The average Bonchev–Trinajstić information content (AvgIpc) is 2.80. The molecule has 1 aliphatic rings. The van der Waals surface area contributed by atoms with Crippen LogP contribution in [0.15, 0.2) is 22.7 Å². The van der Waals surface area contributed by atoms with Gasteiger partial charge in [0.2, 0.25) is 5.91 Å². The number of carbonyl (C=O) groups excluding carboxylic acids is 1. The lowest BCUT2D eigenvalue weighted by molar-refractivity contribution is -0.130. The van der Waals surface area contributed by atoms with E-state index < -0.39 is 0 Å². The summed E-state index contributed by atoms with van der Waals surface area (Å²) in [6.07, 6.45) is 1.18. The van der Waals surface area contributed by atoms with Crippen molar-refractivity contribution < 1.29 is 9.32 Å². The first-order chi connectivity index (χ1) is 11.1.